The van der Waals surface area contributed by atoms with Crippen molar-refractivity contribution in [2.45, 2.75) is 45.6 Å². The molecule has 0 saturated heterocycles. The number of hydrogen-bond donors (Lipinski definition) is 2. The first-order valence-electron chi connectivity index (χ1n) is 16.2. The second-order valence-electron chi connectivity index (χ2n) is 10.7. The third-order valence-electron chi connectivity index (χ3n) is 5.34. The number of carboxylic acid groups (broad SMARTS) is 1. The molecule has 0 aliphatic carbocycles. The predicted octanol–water partition coefficient (Wildman–Crippen LogP) is 0.865. The van der Waals surface area contributed by atoms with Crippen LogP contribution in [0.15, 0.2) is 0 Å². The largest absolute Gasteiger partial charge is 0.481 e. The molecule has 47 heavy (non-hydrogen) atoms. The van der Waals surface area contributed by atoms with Gasteiger partial charge in [0.15, 0.2) is 0 Å². The van der Waals surface area contributed by atoms with Crippen LogP contribution in [-0.4, -0.2) is 167 Å². The first kappa shape index (κ1) is 45.0. The third kappa shape index (κ3) is 40.1. The van der Waals surface area contributed by atoms with Gasteiger partial charge in [-0.25, -0.2) is 4.79 Å². The molecule has 2 N–H and O–H groups in total. The zero-order valence-corrected chi connectivity index (χ0v) is 28.6. The number of carbonyl (C=O) groups is 3. The van der Waals surface area contributed by atoms with Crippen molar-refractivity contribution in [1.82, 2.24) is 5.32 Å². The van der Waals surface area contributed by atoms with E-state index >= 15 is 0 Å². The van der Waals surface area contributed by atoms with Gasteiger partial charge in [0.2, 0.25) is 5.91 Å². The van der Waals surface area contributed by atoms with Crippen LogP contribution in [0.2, 0.25) is 0 Å². The van der Waals surface area contributed by atoms with Gasteiger partial charge in [-0.05, 0) is 27.2 Å². The number of carboxylic acids is 1. The Bertz CT molecular complexity index is 736. The monoisotopic (exact) mass is 685 g/mol. The molecule has 0 unspecified atom stereocenters. The quantitative estimate of drug-likeness (QED) is 0.0699. The smallest absolute Gasteiger partial charge is 0.332 e. The fraction of sp³-hybridized carbons (Fsp3) is 0.903. The van der Waals surface area contributed by atoms with Gasteiger partial charge in [0, 0.05) is 19.6 Å². The van der Waals surface area contributed by atoms with Gasteiger partial charge in [-0.2, -0.15) is 0 Å². The van der Waals surface area contributed by atoms with E-state index in [4.69, 9.17) is 57.2 Å². The van der Waals surface area contributed by atoms with Crippen LogP contribution in [0.1, 0.15) is 40.0 Å². The van der Waals surface area contributed by atoms with Crippen molar-refractivity contribution >= 4 is 17.8 Å². The molecule has 0 aromatic heterocycles. The summed E-state index contributed by atoms with van der Waals surface area (Å²) in [5.74, 6) is -1.65. The van der Waals surface area contributed by atoms with Crippen molar-refractivity contribution < 1.29 is 71.6 Å². The number of carbonyl (C=O) groups excluding carboxylic acids is 2. The highest BCUT2D eigenvalue weighted by atomic mass is 16.6. The van der Waals surface area contributed by atoms with Crippen molar-refractivity contribution in [2.75, 3.05) is 139 Å². The highest BCUT2D eigenvalue weighted by Gasteiger charge is 2.15. The number of esters is 1. The normalized spacial score (nSPS) is 11.6. The summed E-state index contributed by atoms with van der Waals surface area (Å²) in [6, 6.07) is 0. The van der Waals surface area contributed by atoms with Gasteiger partial charge in [0.05, 0.1) is 125 Å². The first-order chi connectivity index (χ1) is 22.7. The minimum atomic E-state index is -0.986. The number of ether oxygens (including phenoxy) is 11. The van der Waals surface area contributed by atoms with Crippen LogP contribution in [0, 0.1) is 0 Å². The predicted molar refractivity (Wildman–Crippen MR) is 169 cm³/mol. The second-order valence-corrected chi connectivity index (χ2v) is 10.7. The average molecular weight is 686 g/mol. The van der Waals surface area contributed by atoms with Crippen LogP contribution in [0.3, 0.4) is 0 Å². The summed E-state index contributed by atoms with van der Waals surface area (Å²) in [7, 11) is 0. The van der Waals surface area contributed by atoms with E-state index in [1.54, 1.807) is 20.8 Å². The molecule has 16 nitrogen and oxygen atoms in total. The molecule has 0 saturated carbocycles. The van der Waals surface area contributed by atoms with E-state index in [1.165, 1.54) is 0 Å². The van der Waals surface area contributed by atoms with E-state index in [1.807, 2.05) is 0 Å². The van der Waals surface area contributed by atoms with Crippen molar-refractivity contribution in [1.29, 1.82) is 0 Å². The zero-order chi connectivity index (χ0) is 34.7. The van der Waals surface area contributed by atoms with Crippen LogP contribution >= 0.6 is 0 Å². The molecule has 0 aromatic carbocycles. The standard InChI is InChI=1S/C31H59NO15/c1-31(2,3)47-30(36)27-46-26-25-45-24-23-44-22-21-43-20-19-42-18-17-41-16-15-40-14-13-39-12-11-38-10-9-37-8-4-7-32-28(33)5-6-29(34)35/h4-27H2,1-3H3,(H,32,33)(H,34,35). The maximum Gasteiger partial charge on any atom is 0.332 e. The summed E-state index contributed by atoms with van der Waals surface area (Å²) in [6.45, 7) is 14.3. The molecule has 0 heterocycles. The molecule has 16 heteroatoms. The summed E-state index contributed by atoms with van der Waals surface area (Å²) >= 11 is 0. The Kier molecular flexibility index (Phi) is 32.5. The van der Waals surface area contributed by atoms with E-state index in [0.29, 0.717) is 138 Å². The van der Waals surface area contributed by atoms with Crippen molar-refractivity contribution in [3.05, 3.63) is 0 Å². The lowest BCUT2D eigenvalue weighted by molar-refractivity contribution is -0.160. The van der Waals surface area contributed by atoms with E-state index in [0.717, 1.165) is 0 Å². The lowest BCUT2D eigenvalue weighted by atomic mass is 10.2. The number of amides is 1. The highest BCUT2D eigenvalue weighted by molar-refractivity contribution is 5.80. The fourth-order valence-corrected chi connectivity index (χ4v) is 3.22. The van der Waals surface area contributed by atoms with Gasteiger partial charge in [-0.3, -0.25) is 9.59 Å². The number of aliphatic carboxylic acids is 1. The highest BCUT2D eigenvalue weighted by Crippen LogP contribution is 2.06. The topological polar surface area (TPSA) is 185 Å². The van der Waals surface area contributed by atoms with Crippen molar-refractivity contribution in [3.63, 3.8) is 0 Å². The van der Waals surface area contributed by atoms with Gasteiger partial charge in [0.1, 0.15) is 12.2 Å². The third-order valence-corrected chi connectivity index (χ3v) is 5.34. The van der Waals surface area contributed by atoms with Crippen LogP contribution in [0.5, 0.6) is 0 Å². The summed E-state index contributed by atoms with van der Waals surface area (Å²) in [5, 5.41) is 11.2. The molecule has 0 fully saturated rings. The fourth-order valence-electron chi connectivity index (χ4n) is 3.22. The van der Waals surface area contributed by atoms with Gasteiger partial charge >= 0.3 is 11.9 Å². The summed E-state index contributed by atoms with van der Waals surface area (Å²) < 4.78 is 59.2. The Balaban J connectivity index is 3.13. The van der Waals surface area contributed by atoms with Gasteiger partial charge in [-0.15, -0.1) is 0 Å². The minimum Gasteiger partial charge on any atom is -0.481 e. The van der Waals surface area contributed by atoms with E-state index in [9.17, 15) is 14.4 Å². The average Bonchev–Trinajstić information content (AvgIpc) is 3.01. The lowest BCUT2D eigenvalue weighted by Crippen LogP contribution is -2.27. The molecule has 0 aliphatic heterocycles. The lowest BCUT2D eigenvalue weighted by Gasteiger charge is -2.19. The first-order valence-corrected chi connectivity index (χ1v) is 16.2. The molecule has 278 valence electrons. The number of rotatable bonds is 36. The van der Waals surface area contributed by atoms with Gasteiger partial charge < -0.3 is 62.5 Å². The second kappa shape index (κ2) is 33.9. The molecule has 0 aliphatic rings. The number of nitrogens with one attached hydrogen (secondary N) is 1. The van der Waals surface area contributed by atoms with Crippen molar-refractivity contribution in [3.8, 4) is 0 Å². The zero-order valence-electron chi connectivity index (χ0n) is 28.6. The number of hydrogen-bond acceptors (Lipinski definition) is 14. The Morgan fingerprint density at radius 1 is 0.489 bits per heavy atom. The van der Waals surface area contributed by atoms with Crippen LogP contribution in [0.4, 0.5) is 0 Å². The van der Waals surface area contributed by atoms with Gasteiger partial charge in [0.25, 0.3) is 0 Å². The molecular formula is C31H59NO15. The molecule has 0 bridgehead atoms. The summed E-state index contributed by atoms with van der Waals surface area (Å²) in [6.07, 6.45) is 0.467. The minimum absolute atomic E-state index is 0.0135. The summed E-state index contributed by atoms with van der Waals surface area (Å²) in [5.41, 5.74) is -0.518. The van der Waals surface area contributed by atoms with E-state index in [-0.39, 0.29) is 25.4 Å². The molecule has 0 atom stereocenters. The Hall–Kier alpha value is -1.99. The summed E-state index contributed by atoms with van der Waals surface area (Å²) in [4.78, 5) is 33.2. The van der Waals surface area contributed by atoms with Crippen LogP contribution in [-0.2, 0) is 66.5 Å². The molecular weight excluding hydrogens is 626 g/mol. The van der Waals surface area contributed by atoms with E-state index < -0.39 is 17.5 Å². The molecule has 0 spiro atoms. The molecule has 1 amide bonds. The molecule has 0 radical (unpaired) electrons. The van der Waals surface area contributed by atoms with Crippen LogP contribution in [0.25, 0.3) is 0 Å². The molecule has 0 rings (SSSR count). The van der Waals surface area contributed by atoms with Gasteiger partial charge in [-0.1, -0.05) is 0 Å². The van der Waals surface area contributed by atoms with Crippen molar-refractivity contribution in [2.24, 2.45) is 0 Å². The SMILES string of the molecule is CC(C)(C)OC(=O)COCCOCCOCCOCCOCCOCCOCCOCCOCCOCCCNC(=O)CCC(=O)O. The maximum absolute atomic E-state index is 11.5. The Morgan fingerprint density at radius 2 is 0.809 bits per heavy atom. The van der Waals surface area contributed by atoms with Crippen LogP contribution < -0.4 is 5.32 Å². The Labute approximate surface area is 279 Å². The maximum atomic E-state index is 11.5. The molecule has 0 aromatic rings. The van der Waals surface area contributed by atoms with E-state index in [2.05, 4.69) is 5.32 Å². The Morgan fingerprint density at radius 3 is 1.13 bits per heavy atom.